The molecule has 1 heterocycles. The van der Waals surface area contributed by atoms with Crippen LogP contribution in [0.4, 0.5) is 0 Å². The quantitative estimate of drug-likeness (QED) is 0.791. The van der Waals surface area contributed by atoms with Gasteiger partial charge < -0.3 is 9.47 Å². The van der Waals surface area contributed by atoms with Gasteiger partial charge in [0.25, 0.3) is 0 Å². The maximum Gasteiger partial charge on any atom is 0.356 e. The Hall–Kier alpha value is -2.30. The van der Waals surface area contributed by atoms with Gasteiger partial charge in [-0.2, -0.15) is 5.10 Å². The van der Waals surface area contributed by atoms with Gasteiger partial charge in [-0.05, 0) is 37.3 Å². The summed E-state index contributed by atoms with van der Waals surface area (Å²) in [5, 5.41) is 4.31. The molecule has 0 saturated heterocycles. The van der Waals surface area contributed by atoms with Gasteiger partial charge >= 0.3 is 5.97 Å². The summed E-state index contributed by atoms with van der Waals surface area (Å²) in [6.07, 6.45) is 0. The minimum absolute atomic E-state index is 0.349. The van der Waals surface area contributed by atoms with E-state index in [1.807, 2.05) is 24.3 Å². The molecule has 0 saturated carbocycles. The summed E-state index contributed by atoms with van der Waals surface area (Å²) in [6, 6.07) is 9.23. The topological polar surface area (TPSA) is 53.4 Å². The first kappa shape index (κ1) is 13.1. The zero-order valence-electron chi connectivity index (χ0n) is 11.2. The van der Waals surface area contributed by atoms with Crippen molar-refractivity contribution in [2.24, 2.45) is 7.05 Å². The van der Waals surface area contributed by atoms with E-state index in [9.17, 15) is 4.79 Å². The fraction of sp³-hybridized carbons (Fsp3) is 0.286. The highest BCUT2D eigenvalue weighted by Crippen LogP contribution is 2.22. The van der Waals surface area contributed by atoms with Crippen LogP contribution in [0.3, 0.4) is 0 Å². The third-order valence-electron chi connectivity index (χ3n) is 2.75. The molecule has 1 aromatic heterocycles. The molecule has 0 unspecified atom stereocenters. The summed E-state index contributed by atoms with van der Waals surface area (Å²) in [7, 11) is 3.34. The van der Waals surface area contributed by atoms with E-state index in [1.54, 1.807) is 27.1 Å². The van der Waals surface area contributed by atoms with E-state index in [1.165, 1.54) is 4.68 Å². The number of methoxy groups -OCH3 is 1. The van der Waals surface area contributed by atoms with Gasteiger partial charge in [-0.3, -0.25) is 4.68 Å². The van der Waals surface area contributed by atoms with Crippen LogP contribution >= 0.6 is 0 Å². The molecule has 0 aliphatic rings. The van der Waals surface area contributed by atoms with Gasteiger partial charge in [0.05, 0.1) is 19.4 Å². The van der Waals surface area contributed by atoms with Gasteiger partial charge in [-0.1, -0.05) is 0 Å². The van der Waals surface area contributed by atoms with Crippen molar-refractivity contribution in [2.45, 2.75) is 6.92 Å². The predicted molar refractivity (Wildman–Crippen MR) is 71.2 cm³/mol. The van der Waals surface area contributed by atoms with E-state index in [-0.39, 0.29) is 5.97 Å². The van der Waals surface area contributed by atoms with E-state index < -0.39 is 0 Å². The van der Waals surface area contributed by atoms with E-state index in [4.69, 9.17) is 9.47 Å². The number of benzene rings is 1. The standard InChI is InChI=1S/C14H16N2O3/c1-4-19-14(17)13-9-12(15-16(13)2)10-5-7-11(18-3)8-6-10/h5-9H,4H2,1-3H3. The van der Waals surface area contributed by atoms with Crippen molar-refractivity contribution in [3.8, 4) is 17.0 Å². The summed E-state index contributed by atoms with van der Waals surface area (Å²) in [5.41, 5.74) is 2.09. The lowest BCUT2D eigenvalue weighted by molar-refractivity contribution is 0.0513. The molecule has 0 spiro atoms. The maximum absolute atomic E-state index is 11.7. The average molecular weight is 260 g/mol. The Kier molecular flexibility index (Phi) is 3.85. The van der Waals surface area contributed by atoms with Crippen LogP contribution in [-0.2, 0) is 11.8 Å². The molecular weight excluding hydrogens is 244 g/mol. The number of hydrogen-bond acceptors (Lipinski definition) is 4. The number of aromatic nitrogens is 2. The van der Waals surface area contributed by atoms with E-state index >= 15 is 0 Å². The Balaban J connectivity index is 2.30. The van der Waals surface area contributed by atoms with Crippen molar-refractivity contribution < 1.29 is 14.3 Å². The zero-order chi connectivity index (χ0) is 13.8. The third kappa shape index (κ3) is 2.76. The number of aryl methyl sites for hydroxylation is 1. The van der Waals surface area contributed by atoms with Crippen molar-refractivity contribution in [1.29, 1.82) is 0 Å². The van der Waals surface area contributed by atoms with E-state index in [0.29, 0.717) is 12.3 Å². The van der Waals surface area contributed by atoms with Gasteiger partial charge in [0.2, 0.25) is 0 Å². The van der Waals surface area contributed by atoms with Gasteiger partial charge in [-0.25, -0.2) is 4.79 Å². The molecule has 19 heavy (non-hydrogen) atoms. The fourth-order valence-corrected chi connectivity index (χ4v) is 1.77. The molecule has 0 radical (unpaired) electrons. The lowest BCUT2D eigenvalue weighted by Gasteiger charge is -2.00. The molecule has 0 N–H and O–H groups in total. The summed E-state index contributed by atoms with van der Waals surface area (Å²) >= 11 is 0. The van der Waals surface area contributed by atoms with Crippen molar-refractivity contribution in [1.82, 2.24) is 9.78 Å². The van der Waals surface area contributed by atoms with E-state index in [0.717, 1.165) is 17.0 Å². The van der Waals surface area contributed by atoms with Crippen LogP contribution in [-0.4, -0.2) is 29.5 Å². The molecule has 0 aliphatic carbocycles. The molecule has 100 valence electrons. The molecule has 2 rings (SSSR count). The largest absolute Gasteiger partial charge is 0.497 e. The first-order chi connectivity index (χ1) is 9.15. The molecule has 2 aromatic rings. The molecule has 0 aliphatic heterocycles. The van der Waals surface area contributed by atoms with Gasteiger partial charge in [0.15, 0.2) is 0 Å². The third-order valence-corrected chi connectivity index (χ3v) is 2.75. The van der Waals surface area contributed by atoms with E-state index in [2.05, 4.69) is 5.10 Å². The maximum atomic E-state index is 11.7. The number of ether oxygens (including phenoxy) is 2. The van der Waals surface area contributed by atoms with Gasteiger partial charge in [0, 0.05) is 12.6 Å². The van der Waals surface area contributed by atoms with Crippen molar-refractivity contribution >= 4 is 5.97 Å². The minimum Gasteiger partial charge on any atom is -0.497 e. The SMILES string of the molecule is CCOC(=O)c1cc(-c2ccc(OC)cc2)nn1C. The second kappa shape index (κ2) is 5.56. The summed E-state index contributed by atoms with van der Waals surface area (Å²) in [5.74, 6) is 0.419. The summed E-state index contributed by atoms with van der Waals surface area (Å²) in [6.45, 7) is 2.13. The highest BCUT2D eigenvalue weighted by molar-refractivity contribution is 5.89. The number of carbonyl (C=O) groups is 1. The lowest BCUT2D eigenvalue weighted by atomic mass is 10.1. The molecular formula is C14H16N2O3. The van der Waals surface area contributed by atoms with Crippen molar-refractivity contribution in [3.63, 3.8) is 0 Å². The normalized spacial score (nSPS) is 10.3. The molecule has 5 nitrogen and oxygen atoms in total. The molecule has 1 aromatic carbocycles. The average Bonchev–Trinajstić information content (AvgIpc) is 2.81. The smallest absolute Gasteiger partial charge is 0.356 e. The first-order valence-corrected chi connectivity index (χ1v) is 6.01. The molecule has 0 amide bonds. The molecule has 0 bridgehead atoms. The monoisotopic (exact) mass is 260 g/mol. The second-order valence-corrected chi connectivity index (χ2v) is 3.99. The zero-order valence-corrected chi connectivity index (χ0v) is 11.2. The lowest BCUT2D eigenvalue weighted by Crippen LogP contribution is -2.10. The summed E-state index contributed by atoms with van der Waals surface area (Å²) in [4.78, 5) is 11.7. The first-order valence-electron chi connectivity index (χ1n) is 6.01. The number of hydrogen-bond donors (Lipinski definition) is 0. The van der Waals surface area contributed by atoms with Crippen LogP contribution < -0.4 is 4.74 Å². The highest BCUT2D eigenvalue weighted by Gasteiger charge is 2.15. The second-order valence-electron chi connectivity index (χ2n) is 3.99. The van der Waals surface area contributed by atoms with Crippen molar-refractivity contribution in [3.05, 3.63) is 36.0 Å². The Morgan fingerprint density at radius 1 is 1.32 bits per heavy atom. The van der Waals surface area contributed by atoms with Crippen LogP contribution in [0.15, 0.2) is 30.3 Å². The minimum atomic E-state index is -0.364. The summed E-state index contributed by atoms with van der Waals surface area (Å²) < 4.78 is 11.6. The number of carbonyl (C=O) groups excluding carboxylic acids is 1. The number of nitrogens with zero attached hydrogens (tertiary/aromatic N) is 2. The number of rotatable bonds is 4. The molecule has 5 heteroatoms. The van der Waals surface area contributed by atoms with Crippen LogP contribution in [0.5, 0.6) is 5.75 Å². The predicted octanol–water partition coefficient (Wildman–Crippen LogP) is 2.27. The Labute approximate surface area is 111 Å². The number of esters is 1. The van der Waals surface area contributed by atoms with Gasteiger partial charge in [0.1, 0.15) is 11.4 Å². The Bertz CT molecular complexity index is 573. The van der Waals surface area contributed by atoms with Crippen LogP contribution in [0.25, 0.3) is 11.3 Å². The van der Waals surface area contributed by atoms with Gasteiger partial charge in [-0.15, -0.1) is 0 Å². The Morgan fingerprint density at radius 2 is 2.00 bits per heavy atom. The molecule has 0 fully saturated rings. The highest BCUT2D eigenvalue weighted by atomic mass is 16.5. The Morgan fingerprint density at radius 3 is 2.58 bits per heavy atom. The van der Waals surface area contributed by atoms with Crippen LogP contribution in [0.2, 0.25) is 0 Å². The van der Waals surface area contributed by atoms with Crippen LogP contribution in [0.1, 0.15) is 17.4 Å². The fourth-order valence-electron chi connectivity index (χ4n) is 1.77. The van der Waals surface area contributed by atoms with Crippen molar-refractivity contribution in [2.75, 3.05) is 13.7 Å². The van der Waals surface area contributed by atoms with Crippen LogP contribution in [0, 0.1) is 0 Å². The molecule has 0 atom stereocenters.